The molecule has 8 heteroatoms. The van der Waals surface area contributed by atoms with Gasteiger partial charge >= 0.3 is 0 Å². The SMILES string of the molecule is CC(C)(C)C(=O)NC(=S)Nc1ccc(S(=O)(=O)Nc2ccccc2)cc1. The second-order valence-electron chi connectivity index (χ2n) is 6.65. The third-order valence-corrected chi connectivity index (χ3v) is 4.96. The van der Waals surface area contributed by atoms with E-state index in [2.05, 4.69) is 15.4 Å². The highest BCUT2D eigenvalue weighted by Gasteiger charge is 2.22. The summed E-state index contributed by atoms with van der Waals surface area (Å²) in [6, 6.07) is 14.7. The number of carbonyl (C=O) groups is 1. The van der Waals surface area contributed by atoms with E-state index in [1.807, 2.05) is 0 Å². The van der Waals surface area contributed by atoms with Gasteiger partial charge in [0.2, 0.25) is 5.91 Å². The predicted molar refractivity (Wildman–Crippen MR) is 108 cm³/mol. The van der Waals surface area contributed by atoms with E-state index in [1.54, 1.807) is 63.2 Å². The maximum atomic E-state index is 12.4. The summed E-state index contributed by atoms with van der Waals surface area (Å²) >= 11 is 5.10. The van der Waals surface area contributed by atoms with Gasteiger partial charge in [-0.15, -0.1) is 0 Å². The zero-order valence-electron chi connectivity index (χ0n) is 14.7. The molecule has 0 bridgehead atoms. The van der Waals surface area contributed by atoms with Crippen LogP contribution in [0.3, 0.4) is 0 Å². The van der Waals surface area contributed by atoms with E-state index < -0.39 is 15.4 Å². The monoisotopic (exact) mass is 391 g/mol. The van der Waals surface area contributed by atoms with Crippen molar-refractivity contribution in [1.82, 2.24) is 5.32 Å². The van der Waals surface area contributed by atoms with Crippen molar-refractivity contribution in [2.75, 3.05) is 10.0 Å². The van der Waals surface area contributed by atoms with Gasteiger partial charge in [-0.05, 0) is 48.6 Å². The molecule has 0 atom stereocenters. The fourth-order valence-electron chi connectivity index (χ4n) is 1.89. The van der Waals surface area contributed by atoms with Crippen molar-refractivity contribution >= 4 is 44.6 Å². The molecule has 0 radical (unpaired) electrons. The van der Waals surface area contributed by atoms with Crippen LogP contribution >= 0.6 is 12.2 Å². The van der Waals surface area contributed by atoms with Gasteiger partial charge in [0.1, 0.15) is 0 Å². The minimum atomic E-state index is -3.68. The maximum Gasteiger partial charge on any atom is 0.261 e. The van der Waals surface area contributed by atoms with Gasteiger partial charge in [0.25, 0.3) is 10.0 Å². The van der Waals surface area contributed by atoms with Crippen molar-refractivity contribution in [1.29, 1.82) is 0 Å². The maximum absolute atomic E-state index is 12.4. The van der Waals surface area contributed by atoms with E-state index in [-0.39, 0.29) is 15.9 Å². The molecule has 0 fully saturated rings. The molecule has 0 aromatic heterocycles. The van der Waals surface area contributed by atoms with Crippen LogP contribution in [-0.2, 0) is 14.8 Å². The van der Waals surface area contributed by atoms with Crippen molar-refractivity contribution in [3.63, 3.8) is 0 Å². The van der Waals surface area contributed by atoms with Crippen molar-refractivity contribution in [3.8, 4) is 0 Å². The van der Waals surface area contributed by atoms with Crippen LogP contribution in [0.5, 0.6) is 0 Å². The quantitative estimate of drug-likeness (QED) is 0.696. The molecule has 0 aliphatic carbocycles. The van der Waals surface area contributed by atoms with E-state index in [9.17, 15) is 13.2 Å². The first-order valence-corrected chi connectivity index (χ1v) is 9.77. The number of thiocarbonyl (C=S) groups is 1. The van der Waals surface area contributed by atoms with E-state index in [4.69, 9.17) is 12.2 Å². The number of sulfonamides is 1. The standard InChI is InChI=1S/C18H21N3O3S2/c1-18(2,3)16(22)20-17(25)19-13-9-11-15(12-10-13)26(23,24)21-14-7-5-4-6-8-14/h4-12,21H,1-3H3,(H2,19,20,22,25). The third-order valence-electron chi connectivity index (χ3n) is 3.36. The number of carbonyl (C=O) groups excluding carboxylic acids is 1. The normalized spacial score (nSPS) is 11.5. The van der Waals surface area contributed by atoms with Crippen molar-refractivity contribution < 1.29 is 13.2 Å². The molecule has 2 rings (SSSR count). The second-order valence-corrected chi connectivity index (χ2v) is 8.74. The Bertz CT molecular complexity index is 888. The van der Waals surface area contributed by atoms with E-state index in [0.717, 1.165) is 0 Å². The smallest absolute Gasteiger partial charge is 0.261 e. The summed E-state index contributed by atoms with van der Waals surface area (Å²) in [4.78, 5) is 12.0. The zero-order chi connectivity index (χ0) is 19.4. The summed E-state index contributed by atoms with van der Waals surface area (Å²) < 4.78 is 27.3. The Hall–Kier alpha value is -2.45. The highest BCUT2D eigenvalue weighted by Crippen LogP contribution is 2.18. The molecule has 0 spiro atoms. The Morgan fingerprint density at radius 3 is 2.04 bits per heavy atom. The molecule has 3 N–H and O–H groups in total. The minimum Gasteiger partial charge on any atom is -0.332 e. The molecular formula is C18H21N3O3S2. The van der Waals surface area contributed by atoms with Crippen LogP contribution < -0.4 is 15.4 Å². The van der Waals surface area contributed by atoms with Gasteiger partial charge in [-0.3, -0.25) is 9.52 Å². The lowest BCUT2D eigenvalue weighted by atomic mass is 9.96. The molecule has 26 heavy (non-hydrogen) atoms. The van der Waals surface area contributed by atoms with Crippen LogP contribution in [0.15, 0.2) is 59.5 Å². The summed E-state index contributed by atoms with van der Waals surface area (Å²) in [7, 11) is -3.68. The Balaban J connectivity index is 2.04. The number of para-hydroxylation sites is 1. The first-order chi connectivity index (χ1) is 12.1. The highest BCUT2D eigenvalue weighted by atomic mass is 32.2. The molecule has 0 heterocycles. The number of rotatable bonds is 4. The topological polar surface area (TPSA) is 87.3 Å². The summed E-state index contributed by atoms with van der Waals surface area (Å²) in [5.74, 6) is -0.207. The van der Waals surface area contributed by atoms with Gasteiger partial charge in [0.05, 0.1) is 4.90 Å². The van der Waals surface area contributed by atoms with Crippen molar-refractivity contribution in [2.24, 2.45) is 5.41 Å². The largest absolute Gasteiger partial charge is 0.332 e. The van der Waals surface area contributed by atoms with Gasteiger partial charge in [-0.1, -0.05) is 39.0 Å². The molecular weight excluding hydrogens is 370 g/mol. The van der Waals surface area contributed by atoms with E-state index in [0.29, 0.717) is 11.4 Å². The molecule has 138 valence electrons. The molecule has 0 unspecified atom stereocenters. The van der Waals surface area contributed by atoms with Crippen LogP contribution in [0.1, 0.15) is 20.8 Å². The number of amides is 1. The Labute approximate surface area is 159 Å². The predicted octanol–water partition coefficient (Wildman–Crippen LogP) is 3.35. The highest BCUT2D eigenvalue weighted by molar-refractivity contribution is 7.92. The molecule has 6 nitrogen and oxygen atoms in total. The zero-order valence-corrected chi connectivity index (χ0v) is 16.4. The minimum absolute atomic E-state index is 0.122. The van der Waals surface area contributed by atoms with Crippen molar-refractivity contribution in [2.45, 2.75) is 25.7 Å². The molecule has 2 aromatic rings. The van der Waals surface area contributed by atoms with Gasteiger partial charge in [0, 0.05) is 16.8 Å². The number of benzene rings is 2. The van der Waals surface area contributed by atoms with Crippen molar-refractivity contribution in [3.05, 3.63) is 54.6 Å². The number of hydrogen-bond acceptors (Lipinski definition) is 4. The Morgan fingerprint density at radius 2 is 1.50 bits per heavy atom. The van der Waals surface area contributed by atoms with Crippen LogP contribution in [0, 0.1) is 5.41 Å². The Morgan fingerprint density at radius 1 is 0.923 bits per heavy atom. The summed E-state index contributed by atoms with van der Waals surface area (Å²) in [6.07, 6.45) is 0. The molecule has 1 amide bonds. The average Bonchev–Trinajstić information content (AvgIpc) is 2.55. The van der Waals surface area contributed by atoms with Gasteiger partial charge in [-0.25, -0.2) is 8.42 Å². The van der Waals surface area contributed by atoms with Crippen LogP contribution in [0.25, 0.3) is 0 Å². The third kappa shape index (κ3) is 5.53. The molecule has 0 saturated carbocycles. The summed E-state index contributed by atoms with van der Waals surface area (Å²) in [5.41, 5.74) is 0.496. The number of anilines is 2. The second kappa shape index (κ2) is 7.84. The molecule has 2 aromatic carbocycles. The fourth-order valence-corrected chi connectivity index (χ4v) is 3.16. The van der Waals surface area contributed by atoms with Gasteiger partial charge in [-0.2, -0.15) is 0 Å². The van der Waals surface area contributed by atoms with E-state index in [1.165, 1.54) is 12.1 Å². The number of hydrogen-bond donors (Lipinski definition) is 3. The lowest BCUT2D eigenvalue weighted by Crippen LogP contribution is -2.41. The van der Waals surface area contributed by atoms with Crippen LogP contribution in [-0.4, -0.2) is 19.4 Å². The fraction of sp³-hybridized carbons (Fsp3) is 0.222. The first kappa shape index (κ1) is 19.9. The lowest BCUT2D eigenvalue weighted by Gasteiger charge is -2.18. The van der Waals surface area contributed by atoms with Gasteiger partial charge < -0.3 is 10.6 Å². The lowest BCUT2D eigenvalue weighted by molar-refractivity contribution is -0.126. The van der Waals surface area contributed by atoms with Crippen LogP contribution in [0.4, 0.5) is 11.4 Å². The molecule has 0 aliphatic rings. The first-order valence-electron chi connectivity index (χ1n) is 7.88. The van der Waals surface area contributed by atoms with Gasteiger partial charge in [0.15, 0.2) is 5.11 Å². The Kier molecular flexibility index (Phi) is 5.99. The summed E-state index contributed by atoms with van der Waals surface area (Å²) in [5, 5.41) is 5.61. The molecule has 0 saturated heterocycles. The van der Waals surface area contributed by atoms with Crippen LogP contribution in [0.2, 0.25) is 0 Å². The van der Waals surface area contributed by atoms with E-state index >= 15 is 0 Å². The summed E-state index contributed by atoms with van der Waals surface area (Å²) in [6.45, 7) is 5.35. The average molecular weight is 392 g/mol. The molecule has 0 aliphatic heterocycles. The number of nitrogens with one attached hydrogen (secondary N) is 3.